The Labute approximate surface area is 126 Å². The molecule has 106 valence electrons. The van der Waals surface area contributed by atoms with Crippen molar-refractivity contribution in [2.45, 2.75) is 6.04 Å². The average molecular weight is 302 g/mol. The molecule has 3 rings (SSSR count). The fourth-order valence-corrected chi connectivity index (χ4v) is 2.39. The lowest BCUT2D eigenvalue weighted by Gasteiger charge is -2.11. The highest BCUT2D eigenvalue weighted by atomic mass is 35.5. The van der Waals surface area contributed by atoms with Gasteiger partial charge in [-0.05, 0) is 35.9 Å². The number of rotatable bonds is 3. The molecule has 2 N–H and O–H groups in total. The van der Waals surface area contributed by atoms with Crippen molar-refractivity contribution in [3.05, 3.63) is 82.9 Å². The van der Waals surface area contributed by atoms with Gasteiger partial charge in [0.05, 0.1) is 17.9 Å². The van der Waals surface area contributed by atoms with Crippen LogP contribution in [0, 0.1) is 5.82 Å². The van der Waals surface area contributed by atoms with Crippen LogP contribution in [0.2, 0.25) is 5.02 Å². The number of nitrogens with zero attached hydrogens (tertiary/aromatic N) is 2. The quantitative estimate of drug-likeness (QED) is 0.801. The lowest BCUT2D eigenvalue weighted by atomic mass is 10.0. The minimum Gasteiger partial charge on any atom is -0.320 e. The zero-order valence-electron chi connectivity index (χ0n) is 11.1. The third-order valence-electron chi connectivity index (χ3n) is 3.28. The van der Waals surface area contributed by atoms with E-state index in [-0.39, 0.29) is 5.82 Å². The molecule has 1 heterocycles. The fourth-order valence-electron chi connectivity index (χ4n) is 2.15. The summed E-state index contributed by atoms with van der Waals surface area (Å²) in [5.41, 5.74) is 8.42. The highest BCUT2D eigenvalue weighted by Gasteiger charge is 2.15. The monoisotopic (exact) mass is 301 g/mol. The van der Waals surface area contributed by atoms with Gasteiger partial charge in [0.2, 0.25) is 0 Å². The first kappa shape index (κ1) is 13.8. The second-order valence-electron chi connectivity index (χ2n) is 4.70. The van der Waals surface area contributed by atoms with E-state index in [1.165, 1.54) is 18.2 Å². The number of hydrogen-bond acceptors (Lipinski definition) is 2. The largest absolute Gasteiger partial charge is 0.320 e. The molecule has 0 saturated carbocycles. The minimum absolute atomic E-state index is 0.361. The maximum absolute atomic E-state index is 13.4. The molecule has 1 aromatic heterocycles. The number of para-hydroxylation sites is 1. The van der Waals surface area contributed by atoms with Crippen molar-refractivity contribution >= 4 is 11.6 Å². The molecule has 3 aromatic rings. The Hall–Kier alpha value is -2.17. The lowest BCUT2D eigenvalue weighted by Crippen LogP contribution is -2.12. The number of halogens is 2. The van der Waals surface area contributed by atoms with Crippen molar-refractivity contribution < 1.29 is 4.39 Å². The Morgan fingerprint density at radius 1 is 1.14 bits per heavy atom. The van der Waals surface area contributed by atoms with Crippen LogP contribution in [0.25, 0.3) is 5.69 Å². The van der Waals surface area contributed by atoms with E-state index >= 15 is 0 Å². The number of nitrogens with two attached hydrogens (primary N) is 1. The maximum atomic E-state index is 13.4. The van der Waals surface area contributed by atoms with Gasteiger partial charge >= 0.3 is 0 Å². The van der Waals surface area contributed by atoms with Gasteiger partial charge in [-0.15, -0.1) is 0 Å². The van der Waals surface area contributed by atoms with E-state index in [1.807, 2.05) is 36.5 Å². The standard InChI is InChI=1S/C16H13ClFN3/c17-15-7-6-12(18)8-14(15)16(19)11-9-20-21(10-11)13-4-2-1-3-5-13/h1-10,16H,19H2. The second-order valence-corrected chi connectivity index (χ2v) is 5.10. The summed E-state index contributed by atoms with van der Waals surface area (Å²) in [4.78, 5) is 0. The van der Waals surface area contributed by atoms with Crippen LogP contribution in [-0.4, -0.2) is 9.78 Å². The normalized spacial score (nSPS) is 12.3. The molecule has 0 amide bonds. The van der Waals surface area contributed by atoms with Crippen molar-refractivity contribution in [1.29, 1.82) is 0 Å². The summed E-state index contributed by atoms with van der Waals surface area (Å²) in [6.07, 6.45) is 3.49. The van der Waals surface area contributed by atoms with E-state index in [9.17, 15) is 4.39 Å². The summed E-state index contributed by atoms with van der Waals surface area (Å²) >= 11 is 6.09. The topological polar surface area (TPSA) is 43.8 Å². The molecule has 0 radical (unpaired) electrons. The van der Waals surface area contributed by atoms with Gasteiger partial charge < -0.3 is 5.73 Å². The Morgan fingerprint density at radius 3 is 2.67 bits per heavy atom. The number of hydrogen-bond donors (Lipinski definition) is 1. The Kier molecular flexibility index (Phi) is 3.73. The molecular formula is C16H13ClFN3. The van der Waals surface area contributed by atoms with E-state index in [0.717, 1.165) is 11.3 Å². The number of benzene rings is 2. The molecule has 5 heteroatoms. The van der Waals surface area contributed by atoms with Crippen LogP contribution in [0.15, 0.2) is 60.9 Å². The zero-order valence-corrected chi connectivity index (χ0v) is 11.8. The molecule has 0 bridgehead atoms. The van der Waals surface area contributed by atoms with Crippen molar-refractivity contribution in [2.24, 2.45) is 5.73 Å². The molecule has 0 saturated heterocycles. The highest BCUT2D eigenvalue weighted by Crippen LogP contribution is 2.27. The van der Waals surface area contributed by atoms with Crippen LogP contribution in [0.4, 0.5) is 4.39 Å². The predicted molar refractivity (Wildman–Crippen MR) is 81.0 cm³/mol. The summed E-state index contributed by atoms with van der Waals surface area (Å²) in [6, 6.07) is 13.3. The fraction of sp³-hybridized carbons (Fsp3) is 0.0625. The van der Waals surface area contributed by atoms with Crippen LogP contribution in [0.3, 0.4) is 0 Å². The van der Waals surface area contributed by atoms with Crippen LogP contribution >= 0.6 is 11.6 Å². The van der Waals surface area contributed by atoms with Crippen molar-refractivity contribution in [2.75, 3.05) is 0 Å². The summed E-state index contributed by atoms with van der Waals surface area (Å²) in [5, 5.41) is 4.73. The van der Waals surface area contributed by atoms with Gasteiger partial charge in [-0.1, -0.05) is 29.8 Å². The van der Waals surface area contributed by atoms with E-state index in [1.54, 1.807) is 10.9 Å². The average Bonchev–Trinajstić information content (AvgIpc) is 3.00. The van der Waals surface area contributed by atoms with Gasteiger partial charge in [-0.25, -0.2) is 9.07 Å². The Bertz CT molecular complexity index is 755. The van der Waals surface area contributed by atoms with Crippen LogP contribution in [0.1, 0.15) is 17.2 Å². The van der Waals surface area contributed by atoms with E-state index < -0.39 is 6.04 Å². The molecule has 0 spiro atoms. The van der Waals surface area contributed by atoms with Crippen LogP contribution in [-0.2, 0) is 0 Å². The second kappa shape index (κ2) is 5.68. The third kappa shape index (κ3) is 2.82. The van der Waals surface area contributed by atoms with E-state index in [0.29, 0.717) is 10.6 Å². The zero-order chi connectivity index (χ0) is 14.8. The first-order valence-corrected chi connectivity index (χ1v) is 6.83. The maximum Gasteiger partial charge on any atom is 0.123 e. The number of aromatic nitrogens is 2. The lowest BCUT2D eigenvalue weighted by molar-refractivity contribution is 0.623. The van der Waals surface area contributed by atoms with Gasteiger partial charge in [0.25, 0.3) is 0 Å². The van der Waals surface area contributed by atoms with E-state index in [4.69, 9.17) is 17.3 Å². The molecular weight excluding hydrogens is 289 g/mol. The third-order valence-corrected chi connectivity index (χ3v) is 3.62. The van der Waals surface area contributed by atoms with Crippen LogP contribution < -0.4 is 5.73 Å². The van der Waals surface area contributed by atoms with Gasteiger partial charge in [0.1, 0.15) is 5.82 Å². The summed E-state index contributed by atoms with van der Waals surface area (Å²) in [5.74, 6) is -0.361. The van der Waals surface area contributed by atoms with Gasteiger partial charge in [0, 0.05) is 16.8 Å². The van der Waals surface area contributed by atoms with E-state index in [2.05, 4.69) is 5.10 Å². The molecule has 0 fully saturated rings. The van der Waals surface area contributed by atoms with Gasteiger partial charge in [0.15, 0.2) is 0 Å². The predicted octanol–water partition coefficient (Wildman–Crippen LogP) is 3.71. The summed E-state index contributed by atoms with van der Waals surface area (Å²) in [6.45, 7) is 0. The molecule has 21 heavy (non-hydrogen) atoms. The summed E-state index contributed by atoms with van der Waals surface area (Å²) < 4.78 is 15.1. The van der Waals surface area contributed by atoms with Crippen molar-refractivity contribution in [3.8, 4) is 5.69 Å². The smallest absolute Gasteiger partial charge is 0.123 e. The van der Waals surface area contributed by atoms with Gasteiger partial charge in [-0.3, -0.25) is 0 Å². The van der Waals surface area contributed by atoms with Crippen LogP contribution in [0.5, 0.6) is 0 Å². The Balaban J connectivity index is 1.94. The first-order chi connectivity index (χ1) is 10.1. The van der Waals surface area contributed by atoms with Crippen molar-refractivity contribution in [3.63, 3.8) is 0 Å². The molecule has 3 nitrogen and oxygen atoms in total. The molecule has 1 atom stereocenters. The molecule has 0 aliphatic heterocycles. The first-order valence-electron chi connectivity index (χ1n) is 6.45. The molecule has 0 aliphatic carbocycles. The molecule has 2 aromatic carbocycles. The Morgan fingerprint density at radius 2 is 1.90 bits per heavy atom. The highest BCUT2D eigenvalue weighted by molar-refractivity contribution is 6.31. The van der Waals surface area contributed by atoms with Crippen molar-refractivity contribution in [1.82, 2.24) is 9.78 Å². The molecule has 0 aliphatic rings. The summed E-state index contributed by atoms with van der Waals surface area (Å²) in [7, 11) is 0. The minimum atomic E-state index is -0.523. The molecule has 1 unspecified atom stereocenters. The SMILES string of the molecule is NC(c1cnn(-c2ccccc2)c1)c1cc(F)ccc1Cl. The van der Waals surface area contributed by atoms with Gasteiger partial charge in [-0.2, -0.15) is 5.10 Å².